The predicted molar refractivity (Wildman–Crippen MR) is 75.8 cm³/mol. The third-order valence-corrected chi connectivity index (χ3v) is 4.34. The molecule has 2 atom stereocenters. The van der Waals surface area contributed by atoms with Crippen LogP contribution in [0, 0.1) is 5.92 Å². The van der Waals surface area contributed by atoms with Crippen LogP contribution in [0.15, 0.2) is 0 Å². The molecular weight excluding hydrogens is 240 g/mol. The van der Waals surface area contributed by atoms with E-state index in [0.29, 0.717) is 18.6 Å². The number of carbonyl (C=O) groups is 1. The average Bonchev–Trinajstić information content (AvgIpc) is 2.98. The third kappa shape index (κ3) is 3.48. The largest absolute Gasteiger partial charge is 0.376 e. The van der Waals surface area contributed by atoms with Crippen molar-refractivity contribution in [1.82, 2.24) is 10.2 Å². The third-order valence-electron chi connectivity index (χ3n) is 4.34. The lowest BCUT2D eigenvalue weighted by molar-refractivity contribution is -0.131. The van der Waals surface area contributed by atoms with Crippen LogP contribution in [0.3, 0.4) is 0 Å². The first-order valence-corrected chi connectivity index (χ1v) is 7.81. The monoisotopic (exact) mass is 268 g/mol. The molecule has 1 amide bonds. The zero-order valence-corrected chi connectivity index (χ0v) is 12.5. The molecule has 0 radical (unpaired) electrons. The Kier molecular flexibility index (Phi) is 5.22. The lowest BCUT2D eigenvalue weighted by Crippen LogP contribution is -2.39. The molecule has 19 heavy (non-hydrogen) atoms. The quantitative estimate of drug-likeness (QED) is 0.802. The van der Waals surface area contributed by atoms with E-state index in [1.807, 2.05) is 4.90 Å². The van der Waals surface area contributed by atoms with Crippen molar-refractivity contribution in [2.75, 3.05) is 13.2 Å². The van der Waals surface area contributed by atoms with E-state index in [1.54, 1.807) is 0 Å². The van der Waals surface area contributed by atoms with Gasteiger partial charge < -0.3 is 9.64 Å². The highest BCUT2D eigenvalue weighted by molar-refractivity contribution is 5.84. The summed E-state index contributed by atoms with van der Waals surface area (Å²) in [6.07, 6.45) is 6.55. The molecule has 4 nitrogen and oxygen atoms in total. The summed E-state index contributed by atoms with van der Waals surface area (Å²) in [5.74, 6) is 0.596. The number of hydrogen-bond donors (Lipinski definition) is 1. The first kappa shape index (κ1) is 14.8. The minimum Gasteiger partial charge on any atom is -0.376 e. The minimum absolute atomic E-state index is 0.0172. The van der Waals surface area contributed by atoms with Gasteiger partial charge >= 0.3 is 0 Å². The Morgan fingerprint density at radius 2 is 2.05 bits per heavy atom. The topological polar surface area (TPSA) is 41.6 Å². The smallest absolute Gasteiger partial charge is 0.241 e. The van der Waals surface area contributed by atoms with Crippen molar-refractivity contribution >= 4 is 5.91 Å². The van der Waals surface area contributed by atoms with Gasteiger partial charge in [-0.3, -0.25) is 10.1 Å². The van der Waals surface area contributed by atoms with Gasteiger partial charge in [-0.1, -0.05) is 33.6 Å². The first-order chi connectivity index (χ1) is 9.13. The Morgan fingerprint density at radius 3 is 2.63 bits per heavy atom. The van der Waals surface area contributed by atoms with Crippen LogP contribution in [0.1, 0.15) is 52.9 Å². The molecule has 110 valence electrons. The summed E-state index contributed by atoms with van der Waals surface area (Å²) < 4.78 is 5.88. The van der Waals surface area contributed by atoms with Crippen molar-refractivity contribution in [1.29, 1.82) is 0 Å². The van der Waals surface area contributed by atoms with Crippen LogP contribution < -0.4 is 5.32 Å². The maximum absolute atomic E-state index is 12.4. The molecule has 2 aliphatic rings. The van der Waals surface area contributed by atoms with E-state index in [2.05, 4.69) is 26.1 Å². The molecule has 2 fully saturated rings. The minimum atomic E-state index is -0.0172. The summed E-state index contributed by atoms with van der Waals surface area (Å²) in [6, 6.07) is -0.0172. The molecule has 0 spiro atoms. The highest BCUT2D eigenvalue weighted by Crippen LogP contribution is 2.22. The molecule has 1 saturated heterocycles. The number of amides is 1. The summed E-state index contributed by atoms with van der Waals surface area (Å²) >= 11 is 0. The highest BCUT2D eigenvalue weighted by Gasteiger charge is 2.39. The fourth-order valence-electron chi connectivity index (χ4n) is 3.16. The van der Waals surface area contributed by atoms with Crippen LogP contribution in [0.5, 0.6) is 0 Å². The normalized spacial score (nSPS) is 28.8. The maximum atomic E-state index is 12.4. The van der Waals surface area contributed by atoms with Gasteiger partial charge in [0.15, 0.2) is 0 Å². The van der Waals surface area contributed by atoms with Gasteiger partial charge in [0.25, 0.3) is 0 Å². The number of nitrogens with one attached hydrogen (secondary N) is 1. The molecule has 0 bridgehead atoms. The number of hydrogen-bond acceptors (Lipinski definition) is 3. The van der Waals surface area contributed by atoms with E-state index in [0.717, 1.165) is 13.0 Å². The second-order valence-electron chi connectivity index (χ2n) is 6.12. The van der Waals surface area contributed by atoms with Crippen molar-refractivity contribution in [3.63, 3.8) is 0 Å². The number of nitrogens with zero attached hydrogens (tertiary/aromatic N) is 1. The molecule has 1 aliphatic heterocycles. The highest BCUT2D eigenvalue weighted by atomic mass is 16.5. The van der Waals surface area contributed by atoms with Gasteiger partial charge in [-0.05, 0) is 25.2 Å². The Balaban J connectivity index is 1.81. The predicted octanol–water partition coefficient (Wildman–Crippen LogP) is 2.14. The van der Waals surface area contributed by atoms with E-state index < -0.39 is 0 Å². The van der Waals surface area contributed by atoms with Gasteiger partial charge in [0.1, 0.15) is 0 Å². The molecule has 0 aromatic rings. The summed E-state index contributed by atoms with van der Waals surface area (Å²) in [4.78, 5) is 14.3. The lowest BCUT2D eigenvalue weighted by atomic mass is 10.1. The Hall–Kier alpha value is -0.610. The number of ether oxygens (including phenoxy) is 1. The van der Waals surface area contributed by atoms with Crippen molar-refractivity contribution in [3.8, 4) is 0 Å². The van der Waals surface area contributed by atoms with Crippen molar-refractivity contribution < 1.29 is 9.53 Å². The van der Waals surface area contributed by atoms with E-state index in [9.17, 15) is 4.79 Å². The van der Waals surface area contributed by atoms with Gasteiger partial charge in [-0.25, -0.2) is 0 Å². The molecule has 1 aliphatic carbocycles. The Bertz CT molecular complexity index is 301. The SMILES string of the molecule is CCC1NC(C(C)C)C(=O)N1CCOC1CCCC1. The van der Waals surface area contributed by atoms with Crippen molar-refractivity contribution in [2.45, 2.75) is 71.2 Å². The molecule has 0 aromatic carbocycles. The van der Waals surface area contributed by atoms with E-state index >= 15 is 0 Å². The molecule has 0 aromatic heterocycles. The second-order valence-corrected chi connectivity index (χ2v) is 6.12. The fraction of sp³-hybridized carbons (Fsp3) is 0.933. The zero-order valence-electron chi connectivity index (χ0n) is 12.5. The Labute approximate surface area is 116 Å². The maximum Gasteiger partial charge on any atom is 0.241 e. The summed E-state index contributed by atoms with van der Waals surface area (Å²) in [5, 5.41) is 3.44. The summed E-state index contributed by atoms with van der Waals surface area (Å²) in [7, 11) is 0. The average molecular weight is 268 g/mol. The molecule has 4 heteroatoms. The van der Waals surface area contributed by atoms with Crippen LogP contribution in [0.2, 0.25) is 0 Å². The van der Waals surface area contributed by atoms with Crippen LogP contribution in [0.25, 0.3) is 0 Å². The fourth-order valence-corrected chi connectivity index (χ4v) is 3.16. The second kappa shape index (κ2) is 6.71. The van der Waals surface area contributed by atoms with Crippen LogP contribution in [-0.4, -0.2) is 42.3 Å². The molecule has 1 heterocycles. The standard InChI is InChI=1S/C15H28N2O2/c1-4-13-16-14(11(2)3)15(18)17(13)9-10-19-12-7-5-6-8-12/h11-14,16H,4-10H2,1-3H3. The van der Waals surface area contributed by atoms with Crippen LogP contribution in [-0.2, 0) is 9.53 Å². The van der Waals surface area contributed by atoms with E-state index in [4.69, 9.17) is 4.74 Å². The lowest BCUT2D eigenvalue weighted by Gasteiger charge is -2.23. The van der Waals surface area contributed by atoms with E-state index in [-0.39, 0.29) is 18.1 Å². The van der Waals surface area contributed by atoms with Gasteiger partial charge in [-0.15, -0.1) is 0 Å². The summed E-state index contributed by atoms with van der Waals surface area (Å²) in [5.41, 5.74) is 0. The summed E-state index contributed by atoms with van der Waals surface area (Å²) in [6.45, 7) is 7.73. The number of rotatable bonds is 6. The van der Waals surface area contributed by atoms with Crippen molar-refractivity contribution in [2.24, 2.45) is 5.92 Å². The zero-order chi connectivity index (χ0) is 13.8. The van der Waals surface area contributed by atoms with Crippen LogP contribution >= 0.6 is 0 Å². The molecule has 1 N–H and O–H groups in total. The Morgan fingerprint density at radius 1 is 1.37 bits per heavy atom. The molecular formula is C15H28N2O2. The first-order valence-electron chi connectivity index (χ1n) is 7.81. The number of carbonyl (C=O) groups excluding carboxylic acids is 1. The van der Waals surface area contributed by atoms with Crippen molar-refractivity contribution in [3.05, 3.63) is 0 Å². The van der Waals surface area contributed by atoms with Gasteiger partial charge in [0, 0.05) is 6.54 Å². The van der Waals surface area contributed by atoms with E-state index in [1.165, 1.54) is 25.7 Å². The van der Waals surface area contributed by atoms with Gasteiger partial charge in [0.2, 0.25) is 5.91 Å². The molecule has 2 unspecified atom stereocenters. The van der Waals surface area contributed by atoms with Crippen LogP contribution in [0.4, 0.5) is 0 Å². The molecule has 1 saturated carbocycles. The molecule has 2 rings (SSSR count). The van der Waals surface area contributed by atoms with Gasteiger partial charge in [0.05, 0.1) is 24.9 Å². The van der Waals surface area contributed by atoms with Gasteiger partial charge in [-0.2, -0.15) is 0 Å².